The average molecular weight is 246 g/mol. The van der Waals surface area contributed by atoms with Crippen LogP contribution in [-0.2, 0) is 23.8 Å². The molecule has 0 spiro atoms. The Kier molecular flexibility index (Phi) is 5.64. The maximum atomic E-state index is 11.4. The second kappa shape index (κ2) is 6.22. The Hall–Kier alpha value is -1.59. The van der Waals surface area contributed by atoms with Crippen molar-refractivity contribution in [3.8, 4) is 0 Å². The van der Waals surface area contributed by atoms with E-state index in [1.165, 1.54) is 6.92 Å². The summed E-state index contributed by atoms with van der Waals surface area (Å²) < 4.78 is 13.9. The van der Waals surface area contributed by atoms with Gasteiger partial charge in [-0.25, -0.2) is 9.59 Å². The van der Waals surface area contributed by atoms with Crippen LogP contribution >= 0.6 is 0 Å². The molecule has 0 aliphatic heterocycles. The molecule has 0 radical (unpaired) electrons. The van der Waals surface area contributed by atoms with Gasteiger partial charge in [0.25, 0.3) is 0 Å². The van der Waals surface area contributed by atoms with Gasteiger partial charge in [0.2, 0.25) is 0 Å². The monoisotopic (exact) mass is 246 g/mol. The van der Waals surface area contributed by atoms with E-state index < -0.39 is 29.8 Å². The normalized spacial score (nSPS) is 12.5. The molecule has 0 aliphatic carbocycles. The molecule has 0 amide bonds. The van der Waals surface area contributed by atoms with Crippen molar-refractivity contribution in [3.05, 3.63) is 0 Å². The highest BCUT2D eigenvalue weighted by atomic mass is 16.8. The zero-order valence-electron chi connectivity index (χ0n) is 10.7. The Balaban J connectivity index is 4.32. The Bertz CT molecular complexity index is 302. The predicted molar refractivity (Wildman–Crippen MR) is 58.2 cm³/mol. The lowest BCUT2D eigenvalue weighted by Gasteiger charge is -2.19. The summed E-state index contributed by atoms with van der Waals surface area (Å²) in [6.07, 6.45) is -1.96. The molecule has 0 aromatic carbocycles. The molecule has 0 N–H and O–H groups in total. The lowest BCUT2D eigenvalue weighted by Crippen LogP contribution is -2.32. The van der Waals surface area contributed by atoms with Crippen molar-refractivity contribution in [1.29, 1.82) is 0 Å². The number of carbonyl (C=O) groups is 3. The van der Waals surface area contributed by atoms with Gasteiger partial charge in [-0.05, 0) is 27.2 Å². The topological polar surface area (TPSA) is 78.9 Å². The van der Waals surface area contributed by atoms with Crippen LogP contribution in [0, 0.1) is 0 Å². The molecule has 6 nitrogen and oxygen atoms in total. The van der Waals surface area contributed by atoms with Gasteiger partial charge < -0.3 is 14.2 Å². The summed E-state index contributed by atoms with van der Waals surface area (Å²) in [5.41, 5.74) is -0.749. The lowest BCUT2D eigenvalue weighted by atomic mass is 10.2. The summed E-state index contributed by atoms with van der Waals surface area (Å²) in [6, 6.07) is 0. The average Bonchev–Trinajstić information content (AvgIpc) is 2.10. The van der Waals surface area contributed by atoms with E-state index >= 15 is 0 Å². The highest BCUT2D eigenvalue weighted by molar-refractivity contribution is 5.86. The highest BCUT2D eigenvalue weighted by Gasteiger charge is 2.26. The number of rotatable bonds is 3. The smallest absolute Gasteiger partial charge is 0.451 e. The summed E-state index contributed by atoms with van der Waals surface area (Å²) in [5, 5.41) is 0. The van der Waals surface area contributed by atoms with Gasteiger partial charge in [0.15, 0.2) is 6.10 Å². The first-order valence-corrected chi connectivity index (χ1v) is 5.27. The quantitative estimate of drug-likeness (QED) is 0.558. The van der Waals surface area contributed by atoms with Crippen LogP contribution in [0.2, 0.25) is 0 Å². The van der Waals surface area contributed by atoms with Gasteiger partial charge in [0.1, 0.15) is 5.60 Å². The summed E-state index contributed by atoms with van der Waals surface area (Å²) >= 11 is 0. The molecule has 0 rings (SSSR count). The highest BCUT2D eigenvalue weighted by Crippen LogP contribution is 2.09. The molecule has 0 aromatic heterocycles. The Labute approximate surface area is 100 Å². The van der Waals surface area contributed by atoms with E-state index in [9.17, 15) is 14.4 Å². The molecule has 0 aliphatic rings. The molecule has 0 fully saturated rings. The summed E-state index contributed by atoms with van der Waals surface area (Å²) in [6.45, 7) is 7.72. The third-order valence-corrected chi connectivity index (χ3v) is 1.52. The summed E-state index contributed by atoms with van der Waals surface area (Å²) in [7, 11) is 0. The van der Waals surface area contributed by atoms with E-state index in [2.05, 4.69) is 9.47 Å². The van der Waals surface area contributed by atoms with E-state index in [1.807, 2.05) is 0 Å². The van der Waals surface area contributed by atoms with Crippen molar-refractivity contribution in [1.82, 2.24) is 0 Å². The first-order valence-electron chi connectivity index (χ1n) is 5.27. The first kappa shape index (κ1) is 15.4. The fraction of sp³-hybridized carbons (Fsp3) is 0.727. The summed E-state index contributed by atoms with van der Waals surface area (Å²) in [4.78, 5) is 33.3. The van der Waals surface area contributed by atoms with Gasteiger partial charge in [0.05, 0.1) is 0 Å². The maximum absolute atomic E-state index is 11.4. The van der Waals surface area contributed by atoms with Crippen molar-refractivity contribution in [3.63, 3.8) is 0 Å². The third-order valence-electron chi connectivity index (χ3n) is 1.52. The molecular weight excluding hydrogens is 228 g/mol. The second-order valence-corrected chi connectivity index (χ2v) is 4.39. The van der Waals surface area contributed by atoms with Crippen molar-refractivity contribution in [2.75, 3.05) is 0 Å². The van der Waals surface area contributed by atoms with Crippen LogP contribution in [0.25, 0.3) is 0 Å². The number of hydrogen-bond donors (Lipinski definition) is 0. The van der Waals surface area contributed by atoms with Crippen LogP contribution < -0.4 is 0 Å². The zero-order valence-corrected chi connectivity index (χ0v) is 10.7. The molecule has 6 heteroatoms. The molecule has 0 bridgehead atoms. The van der Waals surface area contributed by atoms with E-state index in [0.717, 1.165) is 0 Å². The zero-order chi connectivity index (χ0) is 13.6. The SMILES string of the molecule is CCC(OC(C)=O)C(=O)OC(=O)OC(C)(C)C. The largest absolute Gasteiger partial charge is 0.516 e. The maximum Gasteiger partial charge on any atom is 0.516 e. The number of esters is 2. The van der Waals surface area contributed by atoms with E-state index in [-0.39, 0.29) is 6.42 Å². The van der Waals surface area contributed by atoms with E-state index in [0.29, 0.717) is 0 Å². The van der Waals surface area contributed by atoms with Crippen LogP contribution in [0.4, 0.5) is 4.79 Å². The molecule has 1 atom stereocenters. The molecule has 0 saturated heterocycles. The summed E-state index contributed by atoms with van der Waals surface area (Å²) in [5.74, 6) is -1.55. The van der Waals surface area contributed by atoms with Crippen LogP contribution in [0.1, 0.15) is 41.0 Å². The molecule has 17 heavy (non-hydrogen) atoms. The van der Waals surface area contributed by atoms with Crippen molar-refractivity contribution < 1.29 is 28.6 Å². The minimum atomic E-state index is -1.10. The minimum Gasteiger partial charge on any atom is -0.451 e. The van der Waals surface area contributed by atoms with Crippen LogP contribution in [0.15, 0.2) is 0 Å². The Morgan fingerprint density at radius 3 is 2.06 bits per heavy atom. The van der Waals surface area contributed by atoms with Crippen LogP contribution in [-0.4, -0.2) is 29.8 Å². The standard InChI is InChI=1S/C11H18O6/c1-6-8(15-7(2)12)9(13)16-10(14)17-11(3,4)5/h8H,6H2,1-5H3. The molecule has 0 aromatic rings. The van der Waals surface area contributed by atoms with E-state index in [4.69, 9.17) is 4.74 Å². The fourth-order valence-electron chi connectivity index (χ4n) is 0.917. The van der Waals surface area contributed by atoms with Gasteiger partial charge in [0, 0.05) is 6.92 Å². The fourth-order valence-corrected chi connectivity index (χ4v) is 0.917. The number of ether oxygens (including phenoxy) is 3. The van der Waals surface area contributed by atoms with Gasteiger partial charge in [-0.2, -0.15) is 0 Å². The molecular formula is C11H18O6. The second-order valence-electron chi connectivity index (χ2n) is 4.39. The first-order chi connectivity index (χ1) is 7.65. The van der Waals surface area contributed by atoms with Gasteiger partial charge >= 0.3 is 18.1 Å². The molecule has 1 unspecified atom stereocenters. The lowest BCUT2D eigenvalue weighted by molar-refractivity contribution is -0.165. The predicted octanol–water partition coefficient (Wildman–Crippen LogP) is 1.81. The molecule has 0 heterocycles. The van der Waals surface area contributed by atoms with Crippen LogP contribution in [0.3, 0.4) is 0 Å². The number of carbonyl (C=O) groups excluding carboxylic acids is 3. The van der Waals surface area contributed by atoms with Crippen molar-refractivity contribution in [2.24, 2.45) is 0 Å². The van der Waals surface area contributed by atoms with Crippen molar-refractivity contribution >= 4 is 18.1 Å². The Morgan fingerprint density at radius 1 is 1.18 bits per heavy atom. The van der Waals surface area contributed by atoms with E-state index in [1.54, 1.807) is 27.7 Å². The number of hydrogen-bond acceptors (Lipinski definition) is 6. The van der Waals surface area contributed by atoms with Gasteiger partial charge in [-0.1, -0.05) is 6.92 Å². The van der Waals surface area contributed by atoms with Gasteiger partial charge in [-0.15, -0.1) is 0 Å². The van der Waals surface area contributed by atoms with Crippen LogP contribution in [0.5, 0.6) is 0 Å². The minimum absolute atomic E-state index is 0.223. The Morgan fingerprint density at radius 2 is 1.71 bits per heavy atom. The third kappa shape index (κ3) is 7.32. The van der Waals surface area contributed by atoms with Gasteiger partial charge in [-0.3, -0.25) is 4.79 Å². The van der Waals surface area contributed by atoms with Crippen molar-refractivity contribution in [2.45, 2.75) is 52.7 Å². The molecule has 98 valence electrons. The molecule has 0 saturated carbocycles.